The average molecular weight is 396 g/mol. The number of nitro benzene ring substituents is 1. The smallest absolute Gasteiger partial charge is 0.328 e. The minimum absolute atomic E-state index is 0.0813. The van der Waals surface area contributed by atoms with E-state index in [1.165, 1.54) is 25.3 Å². The lowest BCUT2D eigenvalue weighted by atomic mass is 10.0. The highest BCUT2D eigenvalue weighted by Crippen LogP contribution is 2.19. The van der Waals surface area contributed by atoms with Crippen molar-refractivity contribution in [1.29, 1.82) is 0 Å². The summed E-state index contributed by atoms with van der Waals surface area (Å²) in [5, 5.41) is 17.3. The molecule has 2 aromatic carbocycles. The standard InChI is InChI=1S/C20H20N4O5/c1-29-20(26)18(9-13-11-22-17-8-3-2-7-16(13)17)23-19(25)12-21-14-5-4-6-15(10-14)24(27)28/h2-8,10-11,18,21-22H,9,12H2,1H3,(H,23,25)/t18-/m0/s1. The molecule has 0 bridgehead atoms. The molecule has 0 radical (unpaired) electrons. The van der Waals surface area contributed by atoms with E-state index in [1.807, 2.05) is 24.3 Å². The number of aromatic amines is 1. The number of benzene rings is 2. The minimum atomic E-state index is -0.862. The number of anilines is 1. The molecular formula is C20H20N4O5. The number of amides is 1. The molecule has 1 heterocycles. The second-order valence-corrected chi connectivity index (χ2v) is 6.37. The van der Waals surface area contributed by atoms with E-state index < -0.39 is 22.8 Å². The molecule has 0 saturated carbocycles. The molecule has 9 heteroatoms. The average Bonchev–Trinajstić information content (AvgIpc) is 3.14. The predicted molar refractivity (Wildman–Crippen MR) is 108 cm³/mol. The molecular weight excluding hydrogens is 376 g/mol. The Morgan fingerprint density at radius 1 is 1.21 bits per heavy atom. The normalized spacial score (nSPS) is 11.6. The summed E-state index contributed by atoms with van der Waals surface area (Å²) in [5.41, 5.74) is 2.16. The van der Waals surface area contributed by atoms with Crippen LogP contribution in [0.1, 0.15) is 5.56 Å². The Morgan fingerprint density at radius 3 is 2.76 bits per heavy atom. The summed E-state index contributed by atoms with van der Waals surface area (Å²) in [4.78, 5) is 37.9. The zero-order valence-corrected chi connectivity index (χ0v) is 15.7. The number of nitrogens with one attached hydrogen (secondary N) is 3. The number of hydrogen-bond donors (Lipinski definition) is 3. The van der Waals surface area contributed by atoms with Gasteiger partial charge in [0.25, 0.3) is 5.69 Å². The van der Waals surface area contributed by atoms with Crippen LogP contribution >= 0.6 is 0 Å². The largest absolute Gasteiger partial charge is 0.467 e. The second-order valence-electron chi connectivity index (χ2n) is 6.37. The zero-order chi connectivity index (χ0) is 20.8. The SMILES string of the molecule is COC(=O)[C@H](Cc1c[nH]c2ccccc12)NC(=O)CNc1cccc([N+](=O)[O-])c1. The zero-order valence-electron chi connectivity index (χ0n) is 15.7. The Labute approximate surface area is 166 Å². The van der Waals surface area contributed by atoms with Crippen LogP contribution in [0.5, 0.6) is 0 Å². The summed E-state index contributed by atoms with van der Waals surface area (Å²) in [7, 11) is 1.26. The maximum Gasteiger partial charge on any atom is 0.328 e. The molecule has 9 nitrogen and oxygen atoms in total. The summed E-state index contributed by atoms with van der Waals surface area (Å²) >= 11 is 0. The number of esters is 1. The van der Waals surface area contributed by atoms with E-state index in [0.717, 1.165) is 16.5 Å². The van der Waals surface area contributed by atoms with E-state index in [1.54, 1.807) is 12.3 Å². The number of non-ortho nitro benzene ring substituents is 1. The Hall–Kier alpha value is -3.88. The van der Waals surface area contributed by atoms with Crippen molar-refractivity contribution in [3.05, 3.63) is 70.4 Å². The molecule has 150 valence electrons. The molecule has 0 aliphatic rings. The summed E-state index contributed by atoms with van der Waals surface area (Å²) in [5.74, 6) is -0.995. The van der Waals surface area contributed by atoms with Gasteiger partial charge < -0.3 is 20.4 Å². The molecule has 3 rings (SSSR count). The first-order valence-corrected chi connectivity index (χ1v) is 8.88. The maximum absolute atomic E-state index is 12.3. The van der Waals surface area contributed by atoms with Crippen LogP contribution in [0.3, 0.4) is 0 Å². The van der Waals surface area contributed by atoms with Crippen molar-refractivity contribution in [2.45, 2.75) is 12.5 Å². The number of para-hydroxylation sites is 1. The lowest BCUT2D eigenvalue weighted by Gasteiger charge is -2.17. The van der Waals surface area contributed by atoms with Crippen molar-refractivity contribution in [2.24, 2.45) is 0 Å². The number of nitrogens with zero attached hydrogens (tertiary/aromatic N) is 1. The van der Waals surface area contributed by atoms with Crippen LogP contribution in [-0.2, 0) is 20.7 Å². The molecule has 0 spiro atoms. The van der Waals surface area contributed by atoms with Gasteiger partial charge in [0.1, 0.15) is 6.04 Å². The van der Waals surface area contributed by atoms with Crippen molar-refractivity contribution in [2.75, 3.05) is 19.0 Å². The molecule has 0 aliphatic carbocycles. The van der Waals surface area contributed by atoms with Gasteiger partial charge >= 0.3 is 5.97 Å². The highest BCUT2D eigenvalue weighted by Gasteiger charge is 2.23. The van der Waals surface area contributed by atoms with Gasteiger partial charge in [-0.05, 0) is 17.7 Å². The molecule has 3 N–H and O–H groups in total. The third-order valence-corrected chi connectivity index (χ3v) is 4.43. The van der Waals surface area contributed by atoms with Gasteiger partial charge in [-0.2, -0.15) is 0 Å². The Morgan fingerprint density at radius 2 is 2.00 bits per heavy atom. The third kappa shape index (κ3) is 4.89. The van der Waals surface area contributed by atoms with E-state index in [2.05, 4.69) is 15.6 Å². The summed E-state index contributed by atoms with van der Waals surface area (Å²) in [6, 6.07) is 12.6. The number of methoxy groups -OCH3 is 1. The molecule has 0 saturated heterocycles. The van der Waals surface area contributed by atoms with Crippen molar-refractivity contribution in [1.82, 2.24) is 10.3 Å². The first-order valence-electron chi connectivity index (χ1n) is 8.88. The fourth-order valence-corrected chi connectivity index (χ4v) is 3.01. The van der Waals surface area contributed by atoms with Crippen molar-refractivity contribution in [3.63, 3.8) is 0 Å². The van der Waals surface area contributed by atoms with Crippen LogP contribution in [0.2, 0.25) is 0 Å². The molecule has 1 atom stereocenters. The number of nitro groups is 1. The van der Waals surface area contributed by atoms with Crippen LogP contribution in [0, 0.1) is 10.1 Å². The molecule has 1 amide bonds. The summed E-state index contributed by atoms with van der Waals surface area (Å²) in [6.45, 7) is -0.150. The molecule has 0 unspecified atom stereocenters. The maximum atomic E-state index is 12.3. The van der Waals surface area contributed by atoms with Crippen LogP contribution in [-0.4, -0.2) is 41.5 Å². The number of rotatable bonds is 8. The molecule has 29 heavy (non-hydrogen) atoms. The van der Waals surface area contributed by atoms with Crippen LogP contribution in [0.4, 0.5) is 11.4 Å². The summed E-state index contributed by atoms with van der Waals surface area (Å²) < 4.78 is 4.82. The number of hydrogen-bond acceptors (Lipinski definition) is 6. The first kappa shape index (κ1) is 19.9. The minimum Gasteiger partial charge on any atom is -0.467 e. The fraction of sp³-hybridized carbons (Fsp3) is 0.200. The molecule has 0 fully saturated rings. The van der Waals surface area contributed by atoms with Gasteiger partial charge in [0.05, 0.1) is 18.6 Å². The number of aromatic nitrogens is 1. The van der Waals surface area contributed by atoms with Crippen molar-refractivity contribution in [3.8, 4) is 0 Å². The van der Waals surface area contributed by atoms with Gasteiger partial charge in [-0.1, -0.05) is 24.3 Å². The molecule has 1 aromatic heterocycles. The Kier molecular flexibility index (Phi) is 6.08. The van der Waals surface area contributed by atoms with Gasteiger partial charge in [0.2, 0.25) is 5.91 Å². The highest BCUT2D eigenvalue weighted by molar-refractivity contribution is 5.88. The lowest BCUT2D eigenvalue weighted by molar-refractivity contribution is -0.384. The van der Waals surface area contributed by atoms with Gasteiger partial charge in [0, 0.05) is 41.3 Å². The lowest BCUT2D eigenvalue weighted by Crippen LogP contribution is -2.45. The van der Waals surface area contributed by atoms with Crippen molar-refractivity contribution >= 4 is 34.2 Å². The quantitative estimate of drug-likeness (QED) is 0.305. The van der Waals surface area contributed by atoms with Gasteiger partial charge in [-0.25, -0.2) is 4.79 Å². The number of ether oxygens (including phenoxy) is 1. The summed E-state index contributed by atoms with van der Waals surface area (Å²) in [6.07, 6.45) is 2.06. The van der Waals surface area contributed by atoms with Crippen LogP contribution in [0.15, 0.2) is 54.7 Å². The molecule has 3 aromatic rings. The Balaban J connectivity index is 1.65. The molecule has 0 aliphatic heterocycles. The van der Waals surface area contributed by atoms with Gasteiger partial charge in [-0.15, -0.1) is 0 Å². The first-order chi connectivity index (χ1) is 14.0. The third-order valence-electron chi connectivity index (χ3n) is 4.43. The van der Waals surface area contributed by atoms with E-state index in [9.17, 15) is 19.7 Å². The van der Waals surface area contributed by atoms with E-state index >= 15 is 0 Å². The topological polar surface area (TPSA) is 126 Å². The van der Waals surface area contributed by atoms with Gasteiger partial charge in [-0.3, -0.25) is 14.9 Å². The van der Waals surface area contributed by atoms with Crippen LogP contribution < -0.4 is 10.6 Å². The van der Waals surface area contributed by atoms with E-state index in [-0.39, 0.29) is 18.7 Å². The van der Waals surface area contributed by atoms with Crippen molar-refractivity contribution < 1.29 is 19.2 Å². The Bertz CT molecular complexity index is 1050. The predicted octanol–water partition coefficient (Wildman–Crippen LogP) is 2.39. The number of H-pyrrole nitrogens is 1. The fourth-order valence-electron chi connectivity index (χ4n) is 3.01. The monoisotopic (exact) mass is 396 g/mol. The number of fused-ring (bicyclic) bond motifs is 1. The number of carbonyl (C=O) groups excluding carboxylic acids is 2. The van der Waals surface area contributed by atoms with Gasteiger partial charge in [0.15, 0.2) is 0 Å². The van der Waals surface area contributed by atoms with E-state index in [4.69, 9.17) is 4.74 Å². The number of carbonyl (C=O) groups is 2. The van der Waals surface area contributed by atoms with E-state index in [0.29, 0.717) is 5.69 Å². The van der Waals surface area contributed by atoms with Crippen LogP contribution in [0.25, 0.3) is 10.9 Å². The second kappa shape index (κ2) is 8.87. The highest BCUT2D eigenvalue weighted by atomic mass is 16.6.